The maximum atomic E-state index is 9.76. The minimum absolute atomic E-state index is 0.324. The second-order valence-electron chi connectivity index (χ2n) is 4.43. The molecule has 18 heavy (non-hydrogen) atoms. The molecule has 1 N–H and O–H groups in total. The van der Waals surface area contributed by atoms with E-state index in [1.807, 2.05) is 31.0 Å². The first kappa shape index (κ1) is 15.2. The highest BCUT2D eigenvalue weighted by Crippen LogP contribution is 2.08. The van der Waals surface area contributed by atoms with E-state index < -0.39 is 6.10 Å². The van der Waals surface area contributed by atoms with E-state index in [1.54, 1.807) is 7.11 Å². The van der Waals surface area contributed by atoms with Crippen molar-refractivity contribution >= 4 is 0 Å². The summed E-state index contributed by atoms with van der Waals surface area (Å²) in [5, 5.41) is 9.76. The van der Waals surface area contributed by atoms with Crippen molar-refractivity contribution in [1.82, 2.24) is 4.90 Å². The van der Waals surface area contributed by atoms with Crippen molar-refractivity contribution in [2.75, 3.05) is 40.5 Å². The van der Waals surface area contributed by atoms with Crippen molar-refractivity contribution < 1.29 is 19.0 Å². The Kier molecular flexibility index (Phi) is 6.97. The average Bonchev–Trinajstić information content (AvgIpc) is 2.70. The molecule has 0 aliphatic carbocycles. The number of nitrogens with zero attached hydrogens (tertiary/aromatic N) is 1. The Hall–Kier alpha value is -0.880. The molecule has 0 fully saturated rings. The van der Waals surface area contributed by atoms with E-state index in [0.717, 1.165) is 11.5 Å². The van der Waals surface area contributed by atoms with Gasteiger partial charge in [0, 0.05) is 13.7 Å². The zero-order valence-electron chi connectivity index (χ0n) is 11.4. The van der Waals surface area contributed by atoms with Crippen LogP contribution in [0.5, 0.6) is 0 Å². The molecule has 1 unspecified atom stereocenters. The van der Waals surface area contributed by atoms with Gasteiger partial charge in [0.2, 0.25) is 0 Å². The number of furan rings is 1. The van der Waals surface area contributed by atoms with Gasteiger partial charge in [-0.15, -0.1) is 0 Å². The molecule has 1 heterocycles. The maximum absolute atomic E-state index is 9.76. The summed E-state index contributed by atoms with van der Waals surface area (Å²) >= 11 is 0. The second kappa shape index (κ2) is 8.26. The summed E-state index contributed by atoms with van der Waals surface area (Å²) in [5.41, 5.74) is 0. The molecule has 1 rings (SSSR count). The topological polar surface area (TPSA) is 55.1 Å². The van der Waals surface area contributed by atoms with Crippen molar-refractivity contribution in [3.63, 3.8) is 0 Å². The van der Waals surface area contributed by atoms with E-state index in [0.29, 0.717) is 32.9 Å². The molecule has 0 aliphatic rings. The molecule has 0 aromatic carbocycles. The lowest BCUT2D eigenvalue weighted by Gasteiger charge is -2.19. The normalized spacial score (nSPS) is 13.2. The van der Waals surface area contributed by atoms with Gasteiger partial charge in [-0.25, -0.2) is 0 Å². The molecule has 0 bridgehead atoms. The summed E-state index contributed by atoms with van der Waals surface area (Å²) in [4.78, 5) is 2.00. The van der Waals surface area contributed by atoms with Crippen molar-refractivity contribution in [1.29, 1.82) is 0 Å². The molecule has 0 saturated carbocycles. The van der Waals surface area contributed by atoms with Crippen molar-refractivity contribution in [2.45, 2.75) is 19.6 Å². The summed E-state index contributed by atoms with van der Waals surface area (Å²) in [6, 6.07) is 3.89. The molecule has 104 valence electrons. The van der Waals surface area contributed by atoms with Crippen LogP contribution in [0.3, 0.4) is 0 Å². The molecule has 0 aliphatic heterocycles. The van der Waals surface area contributed by atoms with Crippen molar-refractivity contribution in [3.8, 4) is 0 Å². The Balaban J connectivity index is 2.16. The van der Waals surface area contributed by atoms with Crippen LogP contribution in [-0.4, -0.2) is 56.6 Å². The maximum Gasteiger partial charge on any atom is 0.118 e. The molecule has 1 aromatic heterocycles. The summed E-state index contributed by atoms with van der Waals surface area (Å²) in [7, 11) is 3.56. The van der Waals surface area contributed by atoms with Crippen LogP contribution in [0.4, 0.5) is 0 Å². The number of hydrogen-bond donors (Lipinski definition) is 1. The number of aliphatic hydroxyl groups is 1. The summed E-state index contributed by atoms with van der Waals surface area (Å²) in [6.45, 7) is 4.53. The number of aliphatic hydroxyl groups excluding tert-OH is 1. The van der Waals surface area contributed by atoms with Gasteiger partial charge in [0.1, 0.15) is 11.5 Å². The minimum Gasteiger partial charge on any atom is -0.465 e. The minimum atomic E-state index is -0.497. The number of ether oxygens (including phenoxy) is 2. The number of hydrogen-bond acceptors (Lipinski definition) is 5. The van der Waals surface area contributed by atoms with Crippen LogP contribution >= 0.6 is 0 Å². The van der Waals surface area contributed by atoms with Crippen LogP contribution in [-0.2, 0) is 16.0 Å². The van der Waals surface area contributed by atoms with Crippen molar-refractivity contribution in [3.05, 3.63) is 23.7 Å². The van der Waals surface area contributed by atoms with Gasteiger partial charge in [0.15, 0.2) is 0 Å². The van der Waals surface area contributed by atoms with Crippen LogP contribution in [0.2, 0.25) is 0 Å². The fourth-order valence-electron chi connectivity index (χ4n) is 1.67. The molecule has 0 saturated heterocycles. The van der Waals surface area contributed by atoms with Crippen LogP contribution in [0.25, 0.3) is 0 Å². The van der Waals surface area contributed by atoms with Crippen LogP contribution in [0, 0.1) is 6.92 Å². The molecule has 0 amide bonds. The van der Waals surface area contributed by atoms with Gasteiger partial charge in [0.25, 0.3) is 0 Å². The van der Waals surface area contributed by atoms with E-state index in [1.165, 1.54) is 0 Å². The fourth-order valence-corrected chi connectivity index (χ4v) is 1.67. The summed E-state index contributed by atoms with van der Waals surface area (Å²) in [5.74, 6) is 1.81. The Labute approximate surface area is 108 Å². The Morgan fingerprint density at radius 3 is 2.78 bits per heavy atom. The number of methoxy groups -OCH3 is 1. The number of likely N-dealkylation sites (N-methyl/N-ethyl adjacent to an activating group) is 1. The summed E-state index contributed by atoms with van der Waals surface area (Å²) in [6.07, 6.45) is -0.497. The Bertz CT molecular complexity index is 327. The molecule has 1 atom stereocenters. The molecular weight excluding hydrogens is 234 g/mol. The van der Waals surface area contributed by atoms with Gasteiger partial charge in [-0.3, -0.25) is 4.90 Å². The van der Waals surface area contributed by atoms with Crippen LogP contribution < -0.4 is 0 Å². The third-order valence-electron chi connectivity index (χ3n) is 2.49. The Morgan fingerprint density at radius 2 is 2.17 bits per heavy atom. The lowest BCUT2D eigenvalue weighted by atomic mass is 10.3. The van der Waals surface area contributed by atoms with Gasteiger partial charge >= 0.3 is 0 Å². The SMILES string of the molecule is COCCOCC(O)CN(C)Cc1ccc(C)o1. The first-order valence-corrected chi connectivity index (χ1v) is 6.10. The van der Waals surface area contributed by atoms with Gasteiger partial charge in [-0.2, -0.15) is 0 Å². The van der Waals surface area contributed by atoms with E-state index >= 15 is 0 Å². The van der Waals surface area contributed by atoms with Gasteiger partial charge in [0.05, 0.1) is 32.5 Å². The molecule has 5 nitrogen and oxygen atoms in total. The molecule has 0 spiro atoms. The lowest BCUT2D eigenvalue weighted by Crippen LogP contribution is -2.32. The highest BCUT2D eigenvalue weighted by atomic mass is 16.5. The fraction of sp³-hybridized carbons (Fsp3) is 0.692. The monoisotopic (exact) mass is 257 g/mol. The molecule has 0 radical (unpaired) electrons. The predicted molar refractivity (Wildman–Crippen MR) is 68.5 cm³/mol. The largest absolute Gasteiger partial charge is 0.465 e. The third-order valence-corrected chi connectivity index (χ3v) is 2.49. The highest BCUT2D eigenvalue weighted by Gasteiger charge is 2.10. The first-order chi connectivity index (χ1) is 8.61. The van der Waals surface area contributed by atoms with E-state index in [-0.39, 0.29) is 0 Å². The zero-order chi connectivity index (χ0) is 13.4. The zero-order valence-corrected chi connectivity index (χ0v) is 11.4. The summed E-state index contributed by atoms with van der Waals surface area (Å²) < 4.78 is 15.6. The van der Waals surface area contributed by atoms with E-state index in [4.69, 9.17) is 13.9 Å². The number of rotatable bonds is 9. The van der Waals surface area contributed by atoms with Gasteiger partial charge < -0.3 is 19.0 Å². The standard InChI is InChI=1S/C13H23NO4/c1-11-4-5-13(18-11)9-14(2)8-12(15)10-17-7-6-16-3/h4-5,12,15H,6-10H2,1-3H3. The molecule has 1 aromatic rings. The molecule has 5 heteroatoms. The predicted octanol–water partition coefficient (Wildman–Crippen LogP) is 1.04. The molecular formula is C13H23NO4. The second-order valence-corrected chi connectivity index (χ2v) is 4.43. The van der Waals surface area contributed by atoms with Gasteiger partial charge in [-0.05, 0) is 26.1 Å². The third kappa shape index (κ3) is 6.16. The van der Waals surface area contributed by atoms with Crippen LogP contribution in [0.15, 0.2) is 16.5 Å². The number of aryl methyl sites for hydroxylation is 1. The first-order valence-electron chi connectivity index (χ1n) is 6.10. The van der Waals surface area contributed by atoms with Gasteiger partial charge in [-0.1, -0.05) is 0 Å². The highest BCUT2D eigenvalue weighted by molar-refractivity contribution is 5.05. The Morgan fingerprint density at radius 1 is 1.39 bits per heavy atom. The smallest absolute Gasteiger partial charge is 0.118 e. The van der Waals surface area contributed by atoms with E-state index in [2.05, 4.69) is 0 Å². The van der Waals surface area contributed by atoms with E-state index in [9.17, 15) is 5.11 Å². The average molecular weight is 257 g/mol. The van der Waals surface area contributed by atoms with Crippen LogP contribution in [0.1, 0.15) is 11.5 Å². The quantitative estimate of drug-likeness (QED) is 0.670. The lowest BCUT2D eigenvalue weighted by molar-refractivity contribution is 0.00104. The van der Waals surface area contributed by atoms with Crippen molar-refractivity contribution in [2.24, 2.45) is 0 Å².